The SMILES string of the molecule is O=C1[C@H](NCc2cncnc2)CCN1c1ccc(Cl)cc1Cl. The van der Waals surface area contributed by atoms with E-state index in [1.165, 1.54) is 6.33 Å². The quantitative estimate of drug-likeness (QED) is 0.932. The lowest BCUT2D eigenvalue weighted by Gasteiger charge is -2.18. The Balaban J connectivity index is 1.67. The second-order valence-electron chi connectivity index (χ2n) is 5.05. The highest BCUT2D eigenvalue weighted by Crippen LogP contribution is 2.31. The largest absolute Gasteiger partial charge is 0.310 e. The first-order chi connectivity index (χ1) is 10.6. The third-order valence-electron chi connectivity index (χ3n) is 3.57. The highest BCUT2D eigenvalue weighted by Gasteiger charge is 2.33. The molecule has 0 spiro atoms. The third-order valence-corrected chi connectivity index (χ3v) is 4.11. The minimum atomic E-state index is -0.230. The number of anilines is 1. The summed E-state index contributed by atoms with van der Waals surface area (Å²) in [4.78, 5) is 22.1. The zero-order chi connectivity index (χ0) is 15.5. The number of amides is 1. The molecule has 2 aromatic rings. The highest BCUT2D eigenvalue weighted by molar-refractivity contribution is 6.36. The Morgan fingerprint density at radius 3 is 2.77 bits per heavy atom. The molecule has 114 valence electrons. The van der Waals surface area contributed by atoms with Crippen LogP contribution in [0.3, 0.4) is 0 Å². The van der Waals surface area contributed by atoms with E-state index in [9.17, 15) is 4.79 Å². The standard InChI is InChI=1S/C15H14Cl2N4O/c16-11-1-2-14(12(17)5-11)21-4-3-13(15(21)22)20-8-10-6-18-9-19-7-10/h1-2,5-7,9,13,20H,3-4,8H2/t13-/m1/s1. The van der Waals surface area contributed by atoms with Gasteiger partial charge in [0.15, 0.2) is 0 Å². The number of carbonyl (C=O) groups is 1. The predicted octanol–water partition coefficient (Wildman–Crippen LogP) is 2.68. The molecule has 22 heavy (non-hydrogen) atoms. The van der Waals surface area contributed by atoms with Crippen LogP contribution in [0.15, 0.2) is 36.9 Å². The Morgan fingerprint density at radius 2 is 2.05 bits per heavy atom. The molecule has 1 saturated heterocycles. The molecule has 2 heterocycles. The molecule has 1 aliphatic heterocycles. The fourth-order valence-electron chi connectivity index (χ4n) is 2.47. The summed E-state index contributed by atoms with van der Waals surface area (Å²) >= 11 is 12.1. The molecule has 5 nitrogen and oxygen atoms in total. The van der Waals surface area contributed by atoms with Crippen LogP contribution in [0.25, 0.3) is 0 Å². The number of carbonyl (C=O) groups excluding carboxylic acids is 1. The van der Waals surface area contributed by atoms with Gasteiger partial charge in [-0.05, 0) is 24.6 Å². The molecule has 0 saturated carbocycles. The van der Waals surface area contributed by atoms with Crippen molar-refractivity contribution in [1.82, 2.24) is 15.3 Å². The van der Waals surface area contributed by atoms with Gasteiger partial charge in [0.2, 0.25) is 5.91 Å². The summed E-state index contributed by atoms with van der Waals surface area (Å²) in [5.74, 6) is 0.0149. The van der Waals surface area contributed by atoms with Gasteiger partial charge in [0.1, 0.15) is 6.33 Å². The Hall–Kier alpha value is -1.69. The normalized spacial score (nSPS) is 18.0. The first kappa shape index (κ1) is 15.2. The second kappa shape index (κ2) is 6.60. The third kappa shape index (κ3) is 3.21. The summed E-state index contributed by atoms with van der Waals surface area (Å²) in [5, 5.41) is 4.28. The van der Waals surface area contributed by atoms with Crippen molar-refractivity contribution in [3.63, 3.8) is 0 Å². The van der Waals surface area contributed by atoms with E-state index in [1.807, 2.05) is 0 Å². The van der Waals surface area contributed by atoms with Crippen LogP contribution in [0.5, 0.6) is 0 Å². The number of hydrogen-bond acceptors (Lipinski definition) is 4. The van der Waals surface area contributed by atoms with E-state index >= 15 is 0 Å². The van der Waals surface area contributed by atoms with Crippen molar-refractivity contribution < 1.29 is 4.79 Å². The lowest BCUT2D eigenvalue weighted by atomic mass is 10.2. The fraction of sp³-hybridized carbons (Fsp3) is 0.267. The zero-order valence-electron chi connectivity index (χ0n) is 11.7. The molecule has 1 aromatic heterocycles. The molecule has 1 atom stereocenters. The van der Waals surface area contributed by atoms with Gasteiger partial charge in [0, 0.05) is 36.1 Å². The number of rotatable bonds is 4. The van der Waals surface area contributed by atoms with Crippen LogP contribution in [-0.2, 0) is 11.3 Å². The fourth-order valence-corrected chi connectivity index (χ4v) is 2.98. The van der Waals surface area contributed by atoms with Crippen molar-refractivity contribution in [1.29, 1.82) is 0 Å². The number of nitrogens with one attached hydrogen (secondary N) is 1. The maximum atomic E-state index is 12.5. The molecule has 0 bridgehead atoms. The first-order valence-electron chi connectivity index (χ1n) is 6.89. The first-order valence-corrected chi connectivity index (χ1v) is 7.64. The monoisotopic (exact) mass is 336 g/mol. The number of aromatic nitrogens is 2. The van der Waals surface area contributed by atoms with Crippen LogP contribution in [0.1, 0.15) is 12.0 Å². The Kier molecular flexibility index (Phi) is 4.57. The molecule has 0 radical (unpaired) electrons. The van der Waals surface area contributed by atoms with Crippen LogP contribution in [-0.4, -0.2) is 28.5 Å². The highest BCUT2D eigenvalue weighted by atomic mass is 35.5. The molecule has 0 aliphatic carbocycles. The van der Waals surface area contributed by atoms with Crippen molar-refractivity contribution in [2.45, 2.75) is 19.0 Å². The van der Waals surface area contributed by atoms with Gasteiger partial charge in [-0.2, -0.15) is 0 Å². The Labute approximate surface area is 138 Å². The van der Waals surface area contributed by atoms with Gasteiger partial charge in [-0.15, -0.1) is 0 Å². The van der Waals surface area contributed by atoms with E-state index < -0.39 is 0 Å². The summed E-state index contributed by atoms with van der Waals surface area (Å²) in [7, 11) is 0. The van der Waals surface area contributed by atoms with Crippen LogP contribution in [0.2, 0.25) is 10.0 Å². The lowest BCUT2D eigenvalue weighted by Crippen LogP contribution is -2.38. The smallest absolute Gasteiger partial charge is 0.244 e. The predicted molar refractivity (Wildman–Crippen MR) is 86.1 cm³/mol. The van der Waals surface area contributed by atoms with Crippen molar-refractivity contribution in [3.8, 4) is 0 Å². The number of halogens is 2. The van der Waals surface area contributed by atoms with Gasteiger partial charge < -0.3 is 10.2 Å². The van der Waals surface area contributed by atoms with E-state index in [0.29, 0.717) is 28.8 Å². The minimum Gasteiger partial charge on any atom is -0.310 e. The van der Waals surface area contributed by atoms with Gasteiger partial charge in [-0.3, -0.25) is 4.79 Å². The zero-order valence-corrected chi connectivity index (χ0v) is 13.2. The van der Waals surface area contributed by atoms with Gasteiger partial charge in [-0.25, -0.2) is 9.97 Å². The second-order valence-corrected chi connectivity index (χ2v) is 5.90. The van der Waals surface area contributed by atoms with Gasteiger partial charge in [0.25, 0.3) is 0 Å². The average Bonchev–Trinajstić information content (AvgIpc) is 2.87. The van der Waals surface area contributed by atoms with E-state index in [4.69, 9.17) is 23.2 Å². The lowest BCUT2D eigenvalue weighted by molar-refractivity contribution is -0.118. The molecule has 7 heteroatoms. The molecular weight excluding hydrogens is 323 g/mol. The maximum absolute atomic E-state index is 12.5. The maximum Gasteiger partial charge on any atom is 0.244 e. The number of hydrogen-bond donors (Lipinski definition) is 1. The van der Waals surface area contributed by atoms with Crippen molar-refractivity contribution in [2.75, 3.05) is 11.4 Å². The summed E-state index contributed by atoms with van der Waals surface area (Å²) in [6, 6.07) is 4.92. The van der Waals surface area contributed by atoms with Crippen molar-refractivity contribution in [2.24, 2.45) is 0 Å². The van der Waals surface area contributed by atoms with Crippen molar-refractivity contribution >= 4 is 34.8 Å². The van der Waals surface area contributed by atoms with E-state index in [1.54, 1.807) is 35.5 Å². The van der Waals surface area contributed by atoms with Gasteiger partial charge in [-0.1, -0.05) is 23.2 Å². The molecule has 1 fully saturated rings. The van der Waals surface area contributed by atoms with E-state index in [0.717, 1.165) is 12.0 Å². The van der Waals surface area contributed by atoms with Crippen molar-refractivity contribution in [3.05, 3.63) is 52.5 Å². The molecule has 1 N–H and O–H groups in total. The summed E-state index contributed by atoms with van der Waals surface area (Å²) in [5.41, 5.74) is 1.64. The molecular formula is C15H14Cl2N4O. The molecule has 1 aliphatic rings. The Bertz CT molecular complexity index is 680. The molecule has 0 unspecified atom stereocenters. The summed E-state index contributed by atoms with van der Waals surface area (Å²) in [6.07, 6.45) is 5.67. The van der Waals surface area contributed by atoms with Crippen LogP contribution >= 0.6 is 23.2 Å². The van der Waals surface area contributed by atoms with Gasteiger partial charge >= 0.3 is 0 Å². The van der Waals surface area contributed by atoms with Crippen LogP contribution < -0.4 is 10.2 Å². The summed E-state index contributed by atoms with van der Waals surface area (Å²) < 4.78 is 0. The molecule has 1 amide bonds. The van der Waals surface area contributed by atoms with E-state index in [2.05, 4.69) is 15.3 Å². The molecule has 3 rings (SSSR count). The van der Waals surface area contributed by atoms with Gasteiger partial charge in [0.05, 0.1) is 16.8 Å². The summed E-state index contributed by atoms with van der Waals surface area (Å²) in [6.45, 7) is 1.18. The topological polar surface area (TPSA) is 58.1 Å². The minimum absolute atomic E-state index is 0.0149. The van der Waals surface area contributed by atoms with Crippen LogP contribution in [0.4, 0.5) is 5.69 Å². The number of nitrogens with zero attached hydrogens (tertiary/aromatic N) is 3. The average molecular weight is 337 g/mol. The Morgan fingerprint density at radius 1 is 1.27 bits per heavy atom. The van der Waals surface area contributed by atoms with E-state index in [-0.39, 0.29) is 11.9 Å². The number of benzene rings is 1. The molecule has 1 aromatic carbocycles. The van der Waals surface area contributed by atoms with Crippen LogP contribution in [0, 0.1) is 0 Å².